The summed E-state index contributed by atoms with van der Waals surface area (Å²) in [5.41, 5.74) is -0.990. The summed E-state index contributed by atoms with van der Waals surface area (Å²) in [7, 11) is 0. The van der Waals surface area contributed by atoms with Gasteiger partial charge in [0.15, 0.2) is 0 Å². The molecule has 114 valence electrons. The molecule has 0 aromatic heterocycles. The smallest absolute Gasteiger partial charge is 0.363 e. The van der Waals surface area contributed by atoms with Crippen LogP contribution >= 0.6 is 0 Å². The number of hydrogen-bond acceptors (Lipinski definition) is 6. The summed E-state index contributed by atoms with van der Waals surface area (Å²) in [5.74, 6) is 0. The summed E-state index contributed by atoms with van der Waals surface area (Å²) in [5, 5.41) is 22.2. The lowest BCUT2D eigenvalue weighted by atomic mass is 10.3. The van der Waals surface area contributed by atoms with Gasteiger partial charge in [-0.2, -0.15) is 0 Å². The highest BCUT2D eigenvalue weighted by Gasteiger charge is 2.30. The van der Waals surface area contributed by atoms with Crippen LogP contribution in [0, 0.1) is 20.2 Å². The molecule has 0 rings (SSSR count). The minimum absolute atomic E-state index is 0.495. The van der Waals surface area contributed by atoms with Crippen molar-refractivity contribution in [1.82, 2.24) is 9.80 Å². The average molecular weight is 286 g/mol. The number of rotatable bonds is 9. The Labute approximate surface area is 118 Å². The summed E-state index contributed by atoms with van der Waals surface area (Å²) >= 11 is 0. The summed E-state index contributed by atoms with van der Waals surface area (Å²) in [6.45, 7) is 9.51. The highest BCUT2D eigenvalue weighted by Crippen LogP contribution is 2.14. The Morgan fingerprint density at radius 3 is 1.20 bits per heavy atom. The van der Waals surface area contributed by atoms with Gasteiger partial charge in [-0.1, -0.05) is 0 Å². The average Bonchev–Trinajstić information content (AvgIpc) is 2.42. The van der Waals surface area contributed by atoms with E-state index in [1.54, 1.807) is 9.80 Å². The Morgan fingerprint density at radius 2 is 1.05 bits per heavy atom. The van der Waals surface area contributed by atoms with Gasteiger partial charge < -0.3 is 9.80 Å². The van der Waals surface area contributed by atoms with Crippen LogP contribution in [0.25, 0.3) is 0 Å². The lowest BCUT2D eigenvalue weighted by Crippen LogP contribution is -2.23. The zero-order valence-electron chi connectivity index (χ0n) is 12.4. The minimum atomic E-state index is -0.712. The molecule has 0 bridgehead atoms. The van der Waals surface area contributed by atoms with Crippen LogP contribution < -0.4 is 0 Å². The Kier molecular flexibility index (Phi) is 7.95. The highest BCUT2D eigenvalue weighted by molar-refractivity contribution is 5.17. The molecule has 0 aliphatic rings. The highest BCUT2D eigenvalue weighted by atomic mass is 16.6. The van der Waals surface area contributed by atoms with Gasteiger partial charge in [0.05, 0.1) is 22.2 Å². The van der Waals surface area contributed by atoms with Crippen LogP contribution in [0.15, 0.2) is 23.8 Å². The molecule has 0 unspecified atom stereocenters. The van der Waals surface area contributed by atoms with E-state index in [2.05, 4.69) is 0 Å². The molecule has 0 aliphatic carbocycles. The molecule has 0 saturated heterocycles. The molecule has 8 nitrogen and oxygen atoms in total. The molecule has 0 radical (unpaired) electrons. The van der Waals surface area contributed by atoms with Crippen LogP contribution in [0.1, 0.15) is 27.7 Å². The zero-order chi connectivity index (χ0) is 15.7. The summed E-state index contributed by atoms with van der Waals surface area (Å²) in [4.78, 5) is 24.1. The van der Waals surface area contributed by atoms with Crippen molar-refractivity contribution in [3.05, 3.63) is 44.0 Å². The van der Waals surface area contributed by atoms with E-state index in [1.807, 2.05) is 27.7 Å². The Morgan fingerprint density at radius 1 is 0.800 bits per heavy atom. The van der Waals surface area contributed by atoms with Gasteiger partial charge in [-0.05, 0) is 27.7 Å². The van der Waals surface area contributed by atoms with E-state index in [4.69, 9.17) is 0 Å². The Bertz CT molecular complexity index is 360. The van der Waals surface area contributed by atoms with Gasteiger partial charge >= 0.3 is 11.4 Å². The maximum atomic E-state index is 11.1. The van der Waals surface area contributed by atoms with E-state index in [9.17, 15) is 20.2 Å². The fourth-order valence-corrected chi connectivity index (χ4v) is 1.57. The van der Waals surface area contributed by atoms with Crippen molar-refractivity contribution in [3.63, 3.8) is 0 Å². The second-order valence-electron chi connectivity index (χ2n) is 3.99. The van der Waals surface area contributed by atoms with Crippen molar-refractivity contribution in [3.8, 4) is 0 Å². The van der Waals surface area contributed by atoms with Crippen molar-refractivity contribution < 1.29 is 9.85 Å². The van der Waals surface area contributed by atoms with Gasteiger partial charge in [-0.25, -0.2) is 0 Å². The van der Waals surface area contributed by atoms with E-state index in [0.29, 0.717) is 26.2 Å². The van der Waals surface area contributed by atoms with Crippen LogP contribution in [0.5, 0.6) is 0 Å². The van der Waals surface area contributed by atoms with Crippen molar-refractivity contribution in [2.45, 2.75) is 27.7 Å². The van der Waals surface area contributed by atoms with E-state index >= 15 is 0 Å². The van der Waals surface area contributed by atoms with Gasteiger partial charge in [0.1, 0.15) is 0 Å². The number of nitrogens with zero attached hydrogens (tertiary/aromatic N) is 4. The number of hydrogen-bond donors (Lipinski definition) is 0. The predicted molar refractivity (Wildman–Crippen MR) is 76.0 cm³/mol. The van der Waals surface area contributed by atoms with Crippen molar-refractivity contribution in [2.24, 2.45) is 0 Å². The molecule has 8 heteroatoms. The molecule has 0 amide bonds. The maximum absolute atomic E-state index is 11.1. The van der Waals surface area contributed by atoms with Gasteiger partial charge in [0.2, 0.25) is 0 Å². The quantitative estimate of drug-likeness (QED) is 0.365. The van der Waals surface area contributed by atoms with Crippen molar-refractivity contribution >= 4 is 0 Å². The molecule has 0 atom stereocenters. The first-order valence-corrected chi connectivity index (χ1v) is 6.61. The maximum Gasteiger partial charge on any atom is 0.363 e. The van der Waals surface area contributed by atoms with E-state index in [1.165, 1.54) is 12.4 Å². The first kappa shape index (κ1) is 17.9. The SMILES string of the molecule is CCN(C=C(C(=CN(CC)CC)[N+](=O)[O-])[N+](=O)[O-])CC. The molecular weight excluding hydrogens is 264 g/mol. The van der Waals surface area contributed by atoms with Crippen LogP contribution in [-0.4, -0.2) is 45.8 Å². The molecule has 0 spiro atoms. The molecule has 0 aromatic carbocycles. The van der Waals surface area contributed by atoms with Gasteiger partial charge in [-0.3, -0.25) is 20.2 Å². The van der Waals surface area contributed by atoms with Crippen LogP contribution in [0.4, 0.5) is 0 Å². The van der Waals surface area contributed by atoms with Gasteiger partial charge in [0.25, 0.3) is 0 Å². The fraction of sp³-hybridized carbons (Fsp3) is 0.667. The first-order chi connectivity index (χ1) is 9.40. The molecule has 0 fully saturated rings. The number of nitro groups is 2. The molecule has 20 heavy (non-hydrogen) atoms. The summed E-state index contributed by atoms with van der Waals surface area (Å²) < 4.78 is 0. The largest absolute Gasteiger partial charge is 0.372 e. The van der Waals surface area contributed by atoms with E-state index in [-0.39, 0.29) is 0 Å². The fourth-order valence-electron chi connectivity index (χ4n) is 1.57. The first-order valence-electron chi connectivity index (χ1n) is 6.61. The third-order valence-corrected chi connectivity index (χ3v) is 2.89. The second-order valence-corrected chi connectivity index (χ2v) is 3.99. The van der Waals surface area contributed by atoms with Gasteiger partial charge in [0, 0.05) is 26.2 Å². The zero-order valence-corrected chi connectivity index (χ0v) is 12.4. The molecule has 0 aromatic rings. The van der Waals surface area contributed by atoms with E-state index in [0.717, 1.165) is 0 Å². The van der Waals surface area contributed by atoms with Crippen LogP contribution in [-0.2, 0) is 0 Å². The third kappa shape index (κ3) is 5.25. The molecular formula is C12H22N4O4. The predicted octanol–water partition coefficient (Wildman–Crippen LogP) is 1.91. The standard InChI is InChI=1S/C12H22N4O4/c1-5-13(6-2)9-11(15(17)18)12(16(19)20)10-14(7-3)8-4/h9-10H,5-8H2,1-4H3. The van der Waals surface area contributed by atoms with Crippen LogP contribution in [0.2, 0.25) is 0 Å². The third-order valence-electron chi connectivity index (χ3n) is 2.89. The summed E-state index contributed by atoms with van der Waals surface area (Å²) in [6.07, 6.45) is 2.47. The lowest BCUT2D eigenvalue weighted by Gasteiger charge is -2.16. The summed E-state index contributed by atoms with van der Waals surface area (Å²) in [6, 6.07) is 0. The van der Waals surface area contributed by atoms with Crippen LogP contribution in [0.3, 0.4) is 0 Å². The van der Waals surface area contributed by atoms with Gasteiger partial charge in [-0.15, -0.1) is 0 Å². The molecule has 0 saturated carbocycles. The second kappa shape index (κ2) is 8.89. The Balaban J connectivity index is 5.70. The molecule has 0 heterocycles. The molecule has 0 N–H and O–H groups in total. The lowest BCUT2D eigenvalue weighted by molar-refractivity contribution is -0.480. The topological polar surface area (TPSA) is 92.8 Å². The minimum Gasteiger partial charge on any atom is -0.372 e. The normalized spacial score (nSPS) is 12.2. The molecule has 0 aliphatic heterocycles. The Hall–Kier alpha value is -2.12. The monoisotopic (exact) mass is 286 g/mol. The van der Waals surface area contributed by atoms with E-state index < -0.39 is 21.2 Å². The van der Waals surface area contributed by atoms with Crippen molar-refractivity contribution in [1.29, 1.82) is 0 Å². The van der Waals surface area contributed by atoms with Crippen molar-refractivity contribution in [2.75, 3.05) is 26.2 Å².